The van der Waals surface area contributed by atoms with E-state index in [1.54, 1.807) is 0 Å². The summed E-state index contributed by atoms with van der Waals surface area (Å²) >= 11 is 6.11. The Kier molecular flexibility index (Phi) is 10.8. The summed E-state index contributed by atoms with van der Waals surface area (Å²) < 4.78 is 10.5. The molecular formula is C22H34ClIN4O3. The van der Waals surface area contributed by atoms with Crippen molar-refractivity contribution in [3.05, 3.63) is 34.9 Å². The Bertz CT molecular complexity index is 728. The van der Waals surface area contributed by atoms with Crippen LogP contribution < -0.4 is 5.32 Å². The maximum Gasteiger partial charge on any atom is 0.310 e. The average molecular weight is 565 g/mol. The first-order chi connectivity index (χ1) is 14.5. The molecule has 0 amide bonds. The summed E-state index contributed by atoms with van der Waals surface area (Å²) in [5.41, 5.74) is 1.20. The molecule has 0 spiro atoms. The molecule has 3 atom stereocenters. The smallest absolute Gasteiger partial charge is 0.310 e. The molecule has 2 heterocycles. The van der Waals surface area contributed by atoms with E-state index in [0.29, 0.717) is 13.1 Å². The zero-order valence-corrected chi connectivity index (χ0v) is 21.6. The van der Waals surface area contributed by atoms with Gasteiger partial charge in [0.05, 0.1) is 38.8 Å². The summed E-state index contributed by atoms with van der Waals surface area (Å²) in [6.45, 7) is 10.2. The fourth-order valence-corrected chi connectivity index (χ4v) is 4.33. The van der Waals surface area contributed by atoms with E-state index in [9.17, 15) is 4.79 Å². The van der Waals surface area contributed by atoms with Crippen molar-refractivity contribution in [1.82, 2.24) is 15.1 Å². The predicted molar refractivity (Wildman–Crippen MR) is 134 cm³/mol. The molecule has 0 bridgehead atoms. The first-order valence-electron chi connectivity index (χ1n) is 10.7. The molecule has 0 saturated carbocycles. The number of halogens is 2. The van der Waals surface area contributed by atoms with Gasteiger partial charge in [-0.2, -0.15) is 0 Å². The Balaban J connectivity index is 0.00000341. The van der Waals surface area contributed by atoms with Gasteiger partial charge in [0.25, 0.3) is 0 Å². The van der Waals surface area contributed by atoms with Crippen molar-refractivity contribution < 1.29 is 14.3 Å². The molecule has 1 N–H and O–H groups in total. The first kappa shape index (κ1) is 26.2. The number of carbonyl (C=O) groups is 1. The number of aliphatic imine (C=N–C) groups is 1. The van der Waals surface area contributed by atoms with Gasteiger partial charge in [0.15, 0.2) is 5.96 Å². The zero-order valence-electron chi connectivity index (χ0n) is 18.6. The van der Waals surface area contributed by atoms with Crippen LogP contribution in [0.15, 0.2) is 29.3 Å². The highest BCUT2D eigenvalue weighted by Gasteiger charge is 2.37. The van der Waals surface area contributed by atoms with Crippen molar-refractivity contribution in [3.63, 3.8) is 0 Å². The maximum atomic E-state index is 12.1. The van der Waals surface area contributed by atoms with Crippen LogP contribution >= 0.6 is 35.6 Å². The van der Waals surface area contributed by atoms with Gasteiger partial charge < -0.3 is 19.7 Å². The van der Waals surface area contributed by atoms with E-state index in [1.807, 2.05) is 12.1 Å². The third kappa shape index (κ3) is 6.94. The number of guanidine groups is 1. The lowest BCUT2D eigenvalue weighted by molar-refractivity contribution is -0.145. The van der Waals surface area contributed by atoms with Gasteiger partial charge in [0, 0.05) is 37.7 Å². The molecule has 1 aromatic carbocycles. The van der Waals surface area contributed by atoms with Gasteiger partial charge in [-0.25, -0.2) is 0 Å². The lowest BCUT2D eigenvalue weighted by Gasteiger charge is -2.34. The number of carbonyl (C=O) groups excluding carboxylic acids is 1. The van der Waals surface area contributed by atoms with Crippen molar-refractivity contribution in [2.24, 2.45) is 16.8 Å². The number of ether oxygens (including phenoxy) is 2. The van der Waals surface area contributed by atoms with Gasteiger partial charge in [-0.3, -0.25) is 14.7 Å². The molecule has 2 aliphatic rings. The van der Waals surface area contributed by atoms with E-state index in [1.165, 1.54) is 12.7 Å². The van der Waals surface area contributed by atoms with Crippen molar-refractivity contribution >= 4 is 47.5 Å². The highest BCUT2D eigenvalue weighted by Crippen LogP contribution is 2.26. The summed E-state index contributed by atoms with van der Waals surface area (Å²) in [5.74, 6) is 0.814. The van der Waals surface area contributed by atoms with Crippen LogP contribution in [-0.2, 0) is 14.3 Å². The summed E-state index contributed by atoms with van der Waals surface area (Å²) in [6, 6.07) is 8.17. The van der Waals surface area contributed by atoms with Gasteiger partial charge in [-0.05, 0) is 30.5 Å². The Morgan fingerprint density at radius 2 is 1.97 bits per heavy atom. The van der Waals surface area contributed by atoms with Crippen LogP contribution in [0, 0.1) is 11.8 Å². The SMILES string of the molecule is CCNC(=NCC(c1ccc(Cl)cc1)N1CCOCC1)N1CC(C)C(C(=O)OC)C1.I. The quantitative estimate of drug-likeness (QED) is 0.248. The van der Waals surface area contributed by atoms with Crippen molar-refractivity contribution in [2.75, 3.05) is 59.6 Å². The summed E-state index contributed by atoms with van der Waals surface area (Å²) in [7, 11) is 1.45. The van der Waals surface area contributed by atoms with Crippen LogP contribution in [0.5, 0.6) is 0 Å². The number of rotatable bonds is 6. The number of hydrogen-bond acceptors (Lipinski definition) is 5. The second-order valence-electron chi connectivity index (χ2n) is 7.92. The molecule has 2 saturated heterocycles. The summed E-state index contributed by atoms with van der Waals surface area (Å²) in [5, 5.41) is 4.13. The highest BCUT2D eigenvalue weighted by molar-refractivity contribution is 14.0. The van der Waals surface area contributed by atoms with Gasteiger partial charge in [-0.15, -0.1) is 24.0 Å². The molecule has 1 aromatic rings. The molecule has 2 fully saturated rings. The number of benzene rings is 1. The van der Waals surface area contributed by atoms with Gasteiger partial charge in [0.2, 0.25) is 0 Å². The van der Waals surface area contributed by atoms with Crippen LogP contribution in [0.25, 0.3) is 0 Å². The highest BCUT2D eigenvalue weighted by atomic mass is 127. The first-order valence-corrected chi connectivity index (χ1v) is 11.1. The molecule has 2 aliphatic heterocycles. The number of methoxy groups -OCH3 is 1. The van der Waals surface area contributed by atoms with E-state index in [2.05, 4.69) is 41.1 Å². The molecule has 0 aromatic heterocycles. The lowest BCUT2D eigenvalue weighted by Crippen LogP contribution is -2.43. The Labute approximate surface area is 207 Å². The number of hydrogen-bond donors (Lipinski definition) is 1. The third-order valence-corrected chi connectivity index (χ3v) is 6.16. The number of nitrogens with zero attached hydrogens (tertiary/aromatic N) is 3. The Morgan fingerprint density at radius 1 is 1.29 bits per heavy atom. The zero-order chi connectivity index (χ0) is 21.5. The van der Waals surface area contributed by atoms with E-state index in [0.717, 1.165) is 50.4 Å². The van der Waals surface area contributed by atoms with Gasteiger partial charge in [0.1, 0.15) is 0 Å². The minimum atomic E-state index is -0.145. The summed E-state index contributed by atoms with van der Waals surface area (Å²) in [6.07, 6.45) is 0. The van der Waals surface area contributed by atoms with E-state index < -0.39 is 0 Å². The Hall–Kier alpha value is -1.10. The fourth-order valence-electron chi connectivity index (χ4n) is 4.20. The number of esters is 1. The molecule has 0 radical (unpaired) electrons. The molecule has 0 aliphatic carbocycles. The molecule has 3 unspecified atom stereocenters. The lowest BCUT2D eigenvalue weighted by atomic mass is 9.99. The standard InChI is InChI=1S/C22H33ClN4O3.HI/c1-4-24-22(27-14-16(2)19(15-27)21(28)29-3)25-13-20(26-9-11-30-12-10-26)17-5-7-18(23)8-6-17;/h5-8,16,19-20H,4,9-15H2,1-3H3,(H,24,25);1H. The molecule has 31 heavy (non-hydrogen) atoms. The number of likely N-dealkylation sites (tertiary alicyclic amines) is 1. The van der Waals surface area contributed by atoms with Crippen LogP contribution in [-0.4, -0.2) is 81.3 Å². The average Bonchev–Trinajstić information content (AvgIpc) is 3.16. The van der Waals surface area contributed by atoms with E-state index in [-0.39, 0.29) is 47.8 Å². The monoisotopic (exact) mass is 564 g/mol. The van der Waals surface area contributed by atoms with Crippen LogP contribution in [0.1, 0.15) is 25.5 Å². The van der Waals surface area contributed by atoms with E-state index >= 15 is 0 Å². The minimum Gasteiger partial charge on any atom is -0.469 e. The topological polar surface area (TPSA) is 66.4 Å². The molecule has 174 valence electrons. The Morgan fingerprint density at radius 3 is 2.58 bits per heavy atom. The largest absolute Gasteiger partial charge is 0.469 e. The molecule has 7 nitrogen and oxygen atoms in total. The van der Waals surface area contributed by atoms with Crippen molar-refractivity contribution in [1.29, 1.82) is 0 Å². The number of morpholine rings is 1. The maximum absolute atomic E-state index is 12.1. The van der Waals surface area contributed by atoms with E-state index in [4.69, 9.17) is 26.1 Å². The number of nitrogens with one attached hydrogen (secondary N) is 1. The van der Waals surface area contributed by atoms with Crippen LogP contribution in [0.4, 0.5) is 0 Å². The molecular weight excluding hydrogens is 531 g/mol. The molecule has 3 rings (SSSR count). The second kappa shape index (κ2) is 12.8. The van der Waals surface area contributed by atoms with Gasteiger partial charge >= 0.3 is 5.97 Å². The van der Waals surface area contributed by atoms with Crippen molar-refractivity contribution in [3.8, 4) is 0 Å². The fraction of sp³-hybridized carbons (Fsp3) is 0.636. The van der Waals surface area contributed by atoms with Gasteiger partial charge in [-0.1, -0.05) is 30.7 Å². The van der Waals surface area contributed by atoms with Crippen LogP contribution in [0.2, 0.25) is 5.02 Å². The molecule has 9 heteroatoms. The predicted octanol–water partition coefficient (Wildman–Crippen LogP) is 3.04. The second-order valence-corrected chi connectivity index (χ2v) is 8.36. The minimum absolute atomic E-state index is 0. The van der Waals surface area contributed by atoms with Crippen molar-refractivity contribution in [2.45, 2.75) is 19.9 Å². The normalized spacial score (nSPS) is 23.2. The third-order valence-electron chi connectivity index (χ3n) is 5.91. The summed E-state index contributed by atoms with van der Waals surface area (Å²) in [4.78, 5) is 21.7. The van der Waals surface area contributed by atoms with Crippen LogP contribution in [0.3, 0.4) is 0 Å².